The van der Waals surface area contributed by atoms with Crippen molar-refractivity contribution in [3.8, 4) is 0 Å². The van der Waals surface area contributed by atoms with Crippen LogP contribution in [0.4, 0.5) is 0 Å². The quantitative estimate of drug-likeness (QED) is 0.798. The molecule has 0 spiro atoms. The van der Waals surface area contributed by atoms with E-state index in [1.165, 1.54) is 0 Å². The molecule has 1 aromatic heterocycles. The summed E-state index contributed by atoms with van der Waals surface area (Å²) >= 11 is 0. The van der Waals surface area contributed by atoms with E-state index >= 15 is 0 Å². The van der Waals surface area contributed by atoms with E-state index in [1.807, 2.05) is 24.3 Å². The van der Waals surface area contributed by atoms with Crippen LogP contribution in [0.1, 0.15) is 23.2 Å². The van der Waals surface area contributed by atoms with Crippen molar-refractivity contribution in [1.82, 2.24) is 10.3 Å². The second-order valence-electron chi connectivity index (χ2n) is 5.25. The van der Waals surface area contributed by atoms with E-state index in [0.717, 1.165) is 23.7 Å². The highest BCUT2D eigenvalue weighted by molar-refractivity contribution is 5.97. The number of aromatic nitrogens is 1. The Hall–Kier alpha value is -1.85. The van der Waals surface area contributed by atoms with Crippen LogP contribution in [0, 0.1) is 5.92 Å². The number of fused-ring (bicyclic) bond motifs is 1. The SMILES string of the molecule is Cl.NCC(NC(=O)c1cc2ccccc2[nH]c1=O)C1CC1. The van der Waals surface area contributed by atoms with E-state index in [2.05, 4.69) is 10.3 Å². The van der Waals surface area contributed by atoms with Crippen molar-refractivity contribution in [2.75, 3.05) is 6.54 Å². The van der Waals surface area contributed by atoms with Crippen LogP contribution in [0.15, 0.2) is 35.1 Å². The van der Waals surface area contributed by atoms with Crippen LogP contribution in [-0.4, -0.2) is 23.5 Å². The van der Waals surface area contributed by atoms with Gasteiger partial charge in [0.25, 0.3) is 11.5 Å². The first-order chi connectivity index (χ1) is 9.69. The van der Waals surface area contributed by atoms with E-state index in [1.54, 1.807) is 6.07 Å². The van der Waals surface area contributed by atoms with Gasteiger partial charge in [-0.2, -0.15) is 0 Å². The first kappa shape index (κ1) is 15.5. The van der Waals surface area contributed by atoms with Crippen LogP contribution >= 0.6 is 12.4 Å². The number of H-pyrrole nitrogens is 1. The summed E-state index contributed by atoms with van der Waals surface area (Å²) in [5, 5.41) is 3.71. The Morgan fingerprint density at radius 3 is 2.76 bits per heavy atom. The summed E-state index contributed by atoms with van der Waals surface area (Å²) in [6.07, 6.45) is 2.19. The monoisotopic (exact) mass is 307 g/mol. The Morgan fingerprint density at radius 2 is 2.10 bits per heavy atom. The molecule has 4 N–H and O–H groups in total. The van der Waals surface area contributed by atoms with Gasteiger partial charge in [-0.15, -0.1) is 12.4 Å². The molecule has 112 valence electrons. The van der Waals surface area contributed by atoms with Crippen LogP contribution in [0.25, 0.3) is 10.9 Å². The number of halogens is 1. The average molecular weight is 308 g/mol. The van der Waals surface area contributed by atoms with Crippen molar-refractivity contribution in [3.05, 3.63) is 46.2 Å². The van der Waals surface area contributed by atoms with Crippen molar-refractivity contribution >= 4 is 29.2 Å². The number of benzene rings is 1. The third-order valence-electron chi connectivity index (χ3n) is 3.76. The Kier molecular flexibility index (Phi) is 4.65. The molecular weight excluding hydrogens is 290 g/mol. The molecule has 1 aliphatic carbocycles. The standard InChI is InChI=1S/C15H17N3O2.ClH/c16-8-13(9-5-6-9)18-15(20)11-7-10-3-1-2-4-12(10)17-14(11)19;/h1-4,7,9,13H,5-6,8,16H2,(H,17,19)(H,18,20);1H. The van der Waals surface area contributed by atoms with E-state index < -0.39 is 0 Å². The number of aromatic amines is 1. The van der Waals surface area contributed by atoms with E-state index in [4.69, 9.17) is 5.73 Å². The predicted molar refractivity (Wildman–Crippen MR) is 84.8 cm³/mol. The molecule has 0 bridgehead atoms. The molecule has 1 aromatic carbocycles. The molecule has 0 saturated heterocycles. The average Bonchev–Trinajstić information content (AvgIpc) is 3.28. The van der Waals surface area contributed by atoms with Crippen molar-refractivity contribution in [2.24, 2.45) is 11.7 Å². The van der Waals surface area contributed by atoms with Crippen LogP contribution in [0.3, 0.4) is 0 Å². The number of carbonyl (C=O) groups is 1. The second kappa shape index (κ2) is 6.28. The Morgan fingerprint density at radius 1 is 1.38 bits per heavy atom. The maximum Gasteiger partial charge on any atom is 0.261 e. The number of hydrogen-bond acceptors (Lipinski definition) is 3. The van der Waals surface area contributed by atoms with Gasteiger partial charge in [0.1, 0.15) is 5.56 Å². The number of rotatable bonds is 4. The first-order valence-corrected chi connectivity index (χ1v) is 6.82. The Balaban J connectivity index is 0.00000161. The number of para-hydroxylation sites is 1. The summed E-state index contributed by atoms with van der Waals surface area (Å²) in [6.45, 7) is 0.405. The number of amides is 1. The second-order valence-corrected chi connectivity index (χ2v) is 5.25. The highest BCUT2D eigenvalue weighted by atomic mass is 35.5. The largest absolute Gasteiger partial charge is 0.348 e. The molecule has 5 nitrogen and oxygen atoms in total. The van der Waals surface area contributed by atoms with Crippen molar-refractivity contribution in [3.63, 3.8) is 0 Å². The third kappa shape index (κ3) is 3.25. The summed E-state index contributed by atoms with van der Waals surface area (Å²) in [5.41, 5.74) is 6.17. The van der Waals surface area contributed by atoms with Gasteiger partial charge in [-0.05, 0) is 36.3 Å². The fourth-order valence-electron chi connectivity index (χ4n) is 2.43. The molecule has 0 radical (unpaired) electrons. The molecule has 2 aromatic rings. The van der Waals surface area contributed by atoms with E-state index in [-0.39, 0.29) is 35.5 Å². The molecule has 3 rings (SSSR count). The summed E-state index contributed by atoms with van der Waals surface area (Å²) in [5.74, 6) is 0.114. The Bertz CT molecular complexity index is 709. The maximum absolute atomic E-state index is 12.2. The summed E-state index contributed by atoms with van der Waals surface area (Å²) < 4.78 is 0. The van der Waals surface area contributed by atoms with Gasteiger partial charge in [0.2, 0.25) is 0 Å². The van der Waals surface area contributed by atoms with Crippen LogP contribution in [-0.2, 0) is 0 Å². The van der Waals surface area contributed by atoms with Crippen LogP contribution < -0.4 is 16.6 Å². The molecule has 1 heterocycles. The molecule has 0 aliphatic heterocycles. The first-order valence-electron chi connectivity index (χ1n) is 6.82. The van der Waals surface area contributed by atoms with Gasteiger partial charge in [-0.1, -0.05) is 18.2 Å². The molecule has 21 heavy (non-hydrogen) atoms. The highest BCUT2D eigenvalue weighted by Crippen LogP contribution is 2.32. The zero-order valence-electron chi connectivity index (χ0n) is 11.5. The maximum atomic E-state index is 12.2. The minimum atomic E-state index is -0.368. The molecule has 6 heteroatoms. The van der Waals surface area contributed by atoms with Crippen molar-refractivity contribution < 1.29 is 4.79 Å². The lowest BCUT2D eigenvalue weighted by Gasteiger charge is -2.15. The minimum Gasteiger partial charge on any atom is -0.348 e. The lowest BCUT2D eigenvalue weighted by molar-refractivity contribution is 0.0932. The van der Waals surface area contributed by atoms with Crippen LogP contribution in [0.2, 0.25) is 0 Å². The number of carbonyl (C=O) groups excluding carboxylic acids is 1. The molecule has 1 saturated carbocycles. The van der Waals surface area contributed by atoms with Gasteiger partial charge in [-0.25, -0.2) is 0 Å². The molecule has 1 fully saturated rings. The summed E-state index contributed by atoms with van der Waals surface area (Å²) in [4.78, 5) is 26.9. The highest BCUT2D eigenvalue weighted by Gasteiger charge is 2.31. The van der Waals surface area contributed by atoms with Gasteiger partial charge >= 0.3 is 0 Å². The zero-order chi connectivity index (χ0) is 14.1. The van der Waals surface area contributed by atoms with Gasteiger partial charge in [0.15, 0.2) is 0 Å². The zero-order valence-corrected chi connectivity index (χ0v) is 12.3. The topological polar surface area (TPSA) is 88.0 Å². The fourth-order valence-corrected chi connectivity index (χ4v) is 2.43. The molecule has 1 atom stereocenters. The van der Waals surface area contributed by atoms with Crippen LogP contribution in [0.5, 0.6) is 0 Å². The van der Waals surface area contributed by atoms with Gasteiger partial charge in [0.05, 0.1) is 0 Å². The number of nitrogens with two attached hydrogens (primary N) is 1. The molecule has 1 amide bonds. The van der Waals surface area contributed by atoms with E-state index in [0.29, 0.717) is 12.5 Å². The predicted octanol–water partition coefficient (Wildman–Crippen LogP) is 1.42. The normalized spacial score (nSPS) is 15.3. The third-order valence-corrected chi connectivity index (χ3v) is 3.76. The minimum absolute atomic E-state index is 0. The fraction of sp³-hybridized carbons (Fsp3) is 0.333. The van der Waals surface area contributed by atoms with Gasteiger partial charge in [-0.3, -0.25) is 9.59 Å². The van der Waals surface area contributed by atoms with Gasteiger partial charge < -0.3 is 16.0 Å². The molecule has 1 aliphatic rings. The van der Waals surface area contributed by atoms with Gasteiger partial charge in [0, 0.05) is 18.1 Å². The van der Waals surface area contributed by atoms with Crippen molar-refractivity contribution in [1.29, 1.82) is 0 Å². The molecule has 1 unspecified atom stereocenters. The Labute approximate surface area is 128 Å². The molecular formula is C15H18ClN3O2. The number of nitrogens with one attached hydrogen (secondary N) is 2. The summed E-state index contributed by atoms with van der Waals surface area (Å²) in [7, 11) is 0. The lowest BCUT2D eigenvalue weighted by Crippen LogP contribution is -2.43. The smallest absolute Gasteiger partial charge is 0.261 e. The number of hydrogen-bond donors (Lipinski definition) is 3. The summed E-state index contributed by atoms with van der Waals surface area (Å²) in [6, 6.07) is 8.98. The van der Waals surface area contributed by atoms with Crippen molar-refractivity contribution in [2.45, 2.75) is 18.9 Å². The number of pyridine rings is 1. The lowest BCUT2D eigenvalue weighted by atomic mass is 10.1. The van der Waals surface area contributed by atoms with E-state index in [9.17, 15) is 9.59 Å².